The lowest BCUT2D eigenvalue weighted by molar-refractivity contribution is -0.119. The zero-order chi connectivity index (χ0) is 19.1. The lowest BCUT2D eigenvalue weighted by Gasteiger charge is -2.14. The van der Waals surface area contributed by atoms with Crippen LogP contribution in [0.1, 0.15) is 40.0 Å². The monoisotopic (exact) mass is 395 g/mol. The Morgan fingerprint density at radius 3 is 2.58 bits per heavy atom. The molecule has 0 unspecified atom stereocenters. The van der Waals surface area contributed by atoms with Crippen LogP contribution in [0.5, 0.6) is 0 Å². The van der Waals surface area contributed by atoms with E-state index in [4.69, 9.17) is 17.4 Å². The molecule has 0 radical (unpaired) electrons. The zero-order valence-corrected chi connectivity index (χ0v) is 17.0. The SMILES string of the molecule is CC(C)CCC[C@H](C)NC(=O)CSc1nnc(-c2ccc(Cl)cc2)n1N. The fraction of sp³-hybridized carbons (Fsp3) is 0.500. The molecule has 0 fully saturated rings. The molecule has 0 aliphatic heterocycles. The number of nitrogens with zero attached hydrogens (tertiary/aromatic N) is 3. The van der Waals surface area contributed by atoms with E-state index in [0.717, 1.165) is 18.4 Å². The van der Waals surface area contributed by atoms with Crippen LogP contribution in [-0.4, -0.2) is 32.6 Å². The van der Waals surface area contributed by atoms with Gasteiger partial charge in [0.15, 0.2) is 5.82 Å². The quantitative estimate of drug-likeness (QED) is 0.499. The molecule has 2 rings (SSSR count). The number of rotatable bonds is 9. The maximum absolute atomic E-state index is 12.1. The van der Waals surface area contributed by atoms with Crippen LogP contribution in [0.15, 0.2) is 29.4 Å². The third-order valence-corrected chi connectivity index (χ3v) is 5.12. The van der Waals surface area contributed by atoms with Gasteiger partial charge in [0, 0.05) is 16.6 Å². The summed E-state index contributed by atoms with van der Waals surface area (Å²) in [5, 5.41) is 12.3. The Morgan fingerprint density at radius 1 is 1.23 bits per heavy atom. The van der Waals surface area contributed by atoms with Crippen molar-refractivity contribution in [3.05, 3.63) is 29.3 Å². The highest BCUT2D eigenvalue weighted by atomic mass is 35.5. The summed E-state index contributed by atoms with van der Waals surface area (Å²) in [6.45, 7) is 6.45. The third-order valence-electron chi connectivity index (χ3n) is 3.93. The van der Waals surface area contributed by atoms with Crippen LogP contribution in [0.3, 0.4) is 0 Å². The van der Waals surface area contributed by atoms with Gasteiger partial charge in [-0.15, -0.1) is 10.2 Å². The minimum Gasteiger partial charge on any atom is -0.353 e. The van der Waals surface area contributed by atoms with Gasteiger partial charge in [0.1, 0.15) is 0 Å². The molecule has 1 atom stereocenters. The molecule has 1 heterocycles. The summed E-state index contributed by atoms with van der Waals surface area (Å²) in [4.78, 5) is 12.1. The van der Waals surface area contributed by atoms with Crippen LogP contribution >= 0.6 is 23.4 Å². The maximum atomic E-state index is 12.1. The van der Waals surface area contributed by atoms with Gasteiger partial charge >= 0.3 is 0 Å². The standard InChI is InChI=1S/C18H26ClN5OS/c1-12(2)5-4-6-13(3)21-16(25)11-26-18-23-22-17(24(18)20)14-7-9-15(19)10-8-14/h7-10,12-13H,4-6,11,20H2,1-3H3,(H,21,25)/t13-/m0/s1. The molecule has 6 nitrogen and oxygen atoms in total. The Labute approximate surface area is 163 Å². The molecular formula is C18H26ClN5OS. The Morgan fingerprint density at radius 2 is 1.92 bits per heavy atom. The van der Waals surface area contributed by atoms with E-state index in [2.05, 4.69) is 29.4 Å². The number of aromatic nitrogens is 3. The highest BCUT2D eigenvalue weighted by Gasteiger charge is 2.14. The van der Waals surface area contributed by atoms with Crippen molar-refractivity contribution in [1.82, 2.24) is 20.2 Å². The minimum atomic E-state index is -0.0249. The van der Waals surface area contributed by atoms with Crippen LogP contribution < -0.4 is 11.2 Å². The molecule has 8 heteroatoms. The van der Waals surface area contributed by atoms with Crippen molar-refractivity contribution >= 4 is 29.3 Å². The average molecular weight is 396 g/mol. The van der Waals surface area contributed by atoms with Gasteiger partial charge in [0.2, 0.25) is 11.1 Å². The van der Waals surface area contributed by atoms with Crippen molar-refractivity contribution in [3.63, 3.8) is 0 Å². The fourth-order valence-electron chi connectivity index (χ4n) is 2.52. The summed E-state index contributed by atoms with van der Waals surface area (Å²) >= 11 is 7.17. The molecule has 1 aromatic heterocycles. The number of nitrogen functional groups attached to an aromatic ring is 1. The van der Waals surface area contributed by atoms with Gasteiger partial charge in [0.05, 0.1) is 5.75 Å². The molecule has 1 amide bonds. The first-order valence-electron chi connectivity index (χ1n) is 8.75. The van der Waals surface area contributed by atoms with Gasteiger partial charge in [-0.1, -0.05) is 50.1 Å². The average Bonchev–Trinajstić information content (AvgIpc) is 2.94. The van der Waals surface area contributed by atoms with E-state index in [1.165, 1.54) is 22.9 Å². The molecular weight excluding hydrogens is 370 g/mol. The van der Waals surface area contributed by atoms with Crippen molar-refractivity contribution in [1.29, 1.82) is 0 Å². The Hall–Kier alpha value is -1.73. The number of hydrogen-bond acceptors (Lipinski definition) is 5. The molecule has 0 spiro atoms. The van der Waals surface area contributed by atoms with E-state index in [0.29, 0.717) is 21.9 Å². The third kappa shape index (κ3) is 6.21. The van der Waals surface area contributed by atoms with Gasteiger partial charge in [-0.2, -0.15) is 0 Å². The topological polar surface area (TPSA) is 85.8 Å². The van der Waals surface area contributed by atoms with Gasteiger partial charge in [-0.25, -0.2) is 4.68 Å². The largest absolute Gasteiger partial charge is 0.353 e. The second-order valence-corrected chi connectivity index (χ2v) is 8.14. The molecule has 0 bridgehead atoms. The number of thioether (sulfide) groups is 1. The van der Waals surface area contributed by atoms with Crippen LogP contribution in [-0.2, 0) is 4.79 Å². The Balaban J connectivity index is 1.84. The number of benzene rings is 1. The Kier molecular flexibility index (Phi) is 7.78. The van der Waals surface area contributed by atoms with E-state index in [1.54, 1.807) is 12.1 Å². The zero-order valence-electron chi connectivity index (χ0n) is 15.4. The molecule has 0 saturated carbocycles. The molecule has 0 aliphatic rings. The second-order valence-electron chi connectivity index (χ2n) is 6.77. The number of halogens is 1. The number of carbonyl (C=O) groups excluding carboxylic acids is 1. The summed E-state index contributed by atoms with van der Waals surface area (Å²) in [6, 6.07) is 7.37. The van der Waals surface area contributed by atoms with Crippen molar-refractivity contribution in [2.24, 2.45) is 5.92 Å². The molecule has 26 heavy (non-hydrogen) atoms. The molecule has 0 aliphatic carbocycles. The second kappa shape index (κ2) is 9.83. The molecule has 0 saturated heterocycles. The molecule has 3 N–H and O–H groups in total. The van der Waals surface area contributed by atoms with Crippen LogP contribution in [0.25, 0.3) is 11.4 Å². The van der Waals surface area contributed by atoms with Crippen LogP contribution in [0.4, 0.5) is 0 Å². The number of amides is 1. The maximum Gasteiger partial charge on any atom is 0.230 e. The normalized spacial score (nSPS) is 12.3. The van der Waals surface area contributed by atoms with Crippen LogP contribution in [0, 0.1) is 5.92 Å². The van der Waals surface area contributed by atoms with Gasteiger partial charge < -0.3 is 11.2 Å². The highest BCUT2D eigenvalue weighted by molar-refractivity contribution is 7.99. The van der Waals surface area contributed by atoms with E-state index >= 15 is 0 Å². The predicted molar refractivity (Wildman–Crippen MR) is 108 cm³/mol. The van der Waals surface area contributed by atoms with E-state index in [9.17, 15) is 4.79 Å². The number of nitrogens with two attached hydrogens (primary N) is 1. The lowest BCUT2D eigenvalue weighted by Crippen LogP contribution is -2.34. The Bertz CT molecular complexity index is 717. The fourth-order valence-corrected chi connectivity index (χ4v) is 3.32. The molecule has 1 aromatic carbocycles. The smallest absolute Gasteiger partial charge is 0.230 e. The summed E-state index contributed by atoms with van der Waals surface area (Å²) < 4.78 is 1.40. The summed E-state index contributed by atoms with van der Waals surface area (Å²) in [7, 11) is 0. The van der Waals surface area contributed by atoms with Crippen molar-refractivity contribution in [2.45, 2.75) is 51.2 Å². The first-order valence-corrected chi connectivity index (χ1v) is 10.1. The first kappa shape index (κ1) is 20.6. The van der Waals surface area contributed by atoms with Crippen molar-refractivity contribution < 1.29 is 4.79 Å². The summed E-state index contributed by atoms with van der Waals surface area (Å²) in [6.07, 6.45) is 3.29. The van der Waals surface area contributed by atoms with E-state index in [1.807, 2.05) is 19.1 Å². The molecule has 2 aromatic rings. The van der Waals surface area contributed by atoms with Crippen LogP contribution in [0.2, 0.25) is 5.02 Å². The highest BCUT2D eigenvalue weighted by Crippen LogP contribution is 2.22. The van der Waals surface area contributed by atoms with Gasteiger partial charge in [-0.3, -0.25) is 4.79 Å². The predicted octanol–water partition coefficient (Wildman–Crippen LogP) is 3.74. The van der Waals surface area contributed by atoms with E-state index in [-0.39, 0.29) is 17.7 Å². The van der Waals surface area contributed by atoms with Crippen molar-refractivity contribution in [3.8, 4) is 11.4 Å². The van der Waals surface area contributed by atoms with E-state index < -0.39 is 0 Å². The summed E-state index contributed by atoms with van der Waals surface area (Å²) in [5.74, 6) is 7.52. The minimum absolute atomic E-state index is 0.0249. The number of hydrogen-bond donors (Lipinski definition) is 2. The number of nitrogens with one attached hydrogen (secondary N) is 1. The molecule has 142 valence electrons. The lowest BCUT2D eigenvalue weighted by atomic mass is 10.0. The van der Waals surface area contributed by atoms with Crippen molar-refractivity contribution in [2.75, 3.05) is 11.6 Å². The number of carbonyl (C=O) groups is 1. The van der Waals surface area contributed by atoms with Gasteiger partial charge in [0.25, 0.3) is 0 Å². The first-order chi connectivity index (χ1) is 12.4. The van der Waals surface area contributed by atoms with Gasteiger partial charge in [-0.05, 0) is 43.5 Å². The summed E-state index contributed by atoms with van der Waals surface area (Å²) in [5.41, 5.74) is 0.819.